The van der Waals surface area contributed by atoms with E-state index >= 15 is 0 Å². The second-order valence-electron chi connectivity index (χ2n) is 6.01. The molecule has 1 aliphatic rings. The van der Waals surface area contributed by atoms with Gasteiger partial charge in [-0.15, -0.1) is 0 Å². The third-order valence-corrected chi connectivity index (χ3v) is 4.29. The zero-order chi connectivity index (χ0) is 19.1. The number of rotatable bonds is 6. The third-order valence-electron chi connectivity index (χ3n) is 4.29. The number of carbonyl (C=O) groups is 2. The van der Waals surface area contributed by atoms with Crippen molar-refractivity contribution in [3.05, 3.63) is 48.4 Å². The van der Waals surface area contributed by atoms with E-state index in [4.69, 9.17) is 13.9 Å². The van der Waals surface area contributed by atoms with Crippen LogP contribution in [0.5, 0.6) is 11.5 Å². The lowest BCUT2D eigenvalue weighted by molar-refractivity contribution is 0.0634. The van der Waals surface area contributed by atoms with Gasteiger partial charge in [0.15, 0.2) is 5.76 Å². The van der Waals surface area contributed by atoms with Gasteiger partial charge in [0, 0.05) is 26.2 Å². The minimum absolute atomic E-state index is 0.145. The number of hydrogen-bond acceptors (Lipinski definition) is 5. The summed E-state index contributed by atoms with van der Waals surface area (Å²) in [7, 11) is 1.61. The number of ether oxygens (including phenoxy) is 2. The number of nitrogens with zero attached hydrogens (tertiary/aromatic N) is 2. The number of furan rings is 1. The number of carbonyl (C=O) groups excluding carboxylic acids is 2. The fourth-order valence-corrected chi connectivity index (χ4v) is 2.78. The molecule has 3 amide bonds. The van der Waals surface area contributed by atoms with E-state index in [-0.39, 0.29) is 11.9 Å². The fourth-order valence-electron chi connectivity index (χ4n) is 2.78. The molecule has 0 saturated carbocycles. The van der Waals surface area contributed by atoms with Gasteiger partial charge < -0.3 is 29.0 Å². The minimum atomic E-state index is -0.154. The maximum atomic E-state index is 12.2. The van der Waals surface area contributed by atoms with Gasteiger partial charge in [0.25, 0.3) is 5.91 Å². The summed E-state index contributed by atoms with van der Waals surface area (Å²) in [5, 5.41) is 2.83. The number of hydrogen-bond donors (Lipinski definition) is 1. The Morgan fingerprint density at radius 3 is 2.33 bits per heavy atom. The lowest BCUT2D eigenvalue weighted by Crippen LogP contribution is -2.53. The fraction of sp³-hybridized carbons (Fsp3) is 0.368. The van der Waals surface area contributed by atoms with Crippen molar-refractivity contribution in [3.8, 4) is 11.5 Å². The first kappa shape index (κ1) is 18.6. The third kappa shape index (κ3) is 4.93. The standard InChI is InChI=1S/C19H23N3O5/c1-25-15-4-6-16(7-5-15)26-14-8-20-19(24)22-11-9-21(10-12-22)18(23)17-3-2-13-27-17/h2-7,13H,8-12,14H2,1H3,(H,20,24). The molecular formula is C19H23N3O5. The summed E-state index contributed by atoms with van der Waals surface area (Å²) < 4.78 is 15.8. The van der Waals surface area contributed by atoms with Gasteiger partial charge in [0.2, 0.25) is 0 Å². The van der Waals surface area contributed by atoms with Crippen molar-refractivity contribution in [1.82, 2.24) is 15.1 Å². The van der Waals surface area contributed by atoms with Crippen LogP contribution in [0.1, 0.15) is 10.6 Å². The summed E-state index contributed by atoms with van der Waals surface area (Å²) in [4.78, 5) is 27.8. The Balaban J connectivity index is 1.35. The van der Waals surface area contributed by atoms with Crippen LogP contribution in [0.2, 0.25) is 0 Å². The van der Waals surface area contributed by atoms with E-state index in [2.05, 4.69) is 5.32 Å². The molecule has 1 aliphatic heterocycles. The Kier molecular flexibility index (Phi) is 6.19. The highest BCUT2D eigenvalue weighted by molar-refractivity contribution is 5.91. The molecule has 8 nitrogen and oxygen atoms in total. The number of amides is 3. The number of benzene rings is 1. The summed E-state index contributed by atoms with van der Waals surface area (Å²) >= 11 is 0. The number of nitrogens with one attached hydrogen (secondary N) is 1. The molecule has 2 heterocycles. The van der Waals surface area contributed by atoms with Gasteiger partial charge in [-0.25, -0.2) is 4.79 Å². The van der Waals surface area contributed by atoms with Crippen LogP contribution < -0.4 is 14.8 Å². The normalized spacial score (nSPS) is 14.0. The molecule has 0 unspecified atom stereocenters. The quantitative estimate of drug-likeness (QED) is 0.781. The van der Waals surface area contributed by atoms with Crippen molar-refractivity contribution in [2.75, 3.05) is 46.4 Å². The summed E-state index contributed by atoms with van der Waals surface area (Å²) in [5.41, 5.74) is 0. The molecule has 1 fully saturated rings. The molecule has 0 spiro atoms. The first-order chi connectivity index (χ1) is 13.2. The molecule has 0 radical (unpaired) electrons. The summed E-state index contributed by atoms with van der Waals surface area (Å²) in [6, 6.07) is 10.4. The van der Waals surface area contributed by atoms with E-state index in [1.165, 1.54) is 6.26 Å². The molecule has 2 aromatic rings. The van der Waals surface area contributed by atoms with Gasteiger partial charge in [-0.3, -0.25) is 4.79 Å². The van der Waals surface area contributed by atoms with Crippen LogP contribution in [0.4, 0.5) is 4.79 Å². The average Bonchev–Trinajstić information content (AvgIpc) is 3.26. The highest BCUT2D eigenvalue weighted by Crippen LogP contribution is 2.16. The van der Waals surface area contributed by atoms with Crippen LogP contribution in [0.15, 0.2) is 47.1 Å². The molecular weight excluding hydrogens is 350 g/mol. The van der Waals surface area contributed by atoms with Gasteiger partial charge >= 0.3 is 6.03 Å². The highest BCUT2D eigenvalue weighted by atomic mass is 16.5. The zero-order valence-corrected chi connectivity index (χ0v) is 15.2. The molecule has 1 N–H and O–H groups in total. The van der Waals surface area contributed by atoms with Gasteiger partial charge in [0.05, 0.1) is 19.9 Å². The second kappa shape index (κ2) is 8.98. The monoisotopic (exact) mass is 373 g/mol. The van der Waals surface area contributed by atoms with E-state index in [0.29, 0.717) is 45.1 Å². The lowest BCUT2D eigenvalue weighted by Gasteiger charge is -2.34. The van der Waals surface area contributed by atoms with E-state index in [1.807, 2.05) is 24.3 Å². The molecule has 0 atom stereocenters. The molecule has 27 heavy (non-hydrogen) atoms. The van der Waals surface area contributed by atoms with E-state index in [0.717, 1.165) is 11.5 Å². The van der Waals surface area contributed by atoms with Crippen LogP contribution in [0, 0.1) is 0 Å². The Bertz CT molecular complexity index is 737. The van der Waals surface area contributed by atoms with Gasteiger partial charge in [-0.1, -0.05) is 0 Å². The van der Waals surface area contributed by atoms with Crippen molar-refractivity contribution in [2.24, 2.45) is 0 Å². The largest absolute Gasteiger partial charge is 0.497 e. The maximum Gasteiger partial charge on any atom is 0.317 e. The van der Waals surface area contributed by atoms with Crippen LogP contribution in [-0.4, -0.2) is 68.2 Å². The molecule has 144 valence electrons. The van der Waals surface area contributed by atoms with Crippen LogP contribution in [-0.2, 0) is 0 Å². The van der Waals surface area contributed by atoms with Crippen LogP contribution in [0.3, 0.4) is 0 Å². The maximum absolute atomic E-state index is 12.2. The van der Waals surface area contributed by atoms with Crippen LogP contribution >= 0.6 is 0 Å². The Hall–Kier alpha value is -3.16. The van der Waals surface area contributed by atoms with Crippen LogP contribution in [0.25, 0.3) is 0 Å². The smallest absolute Gasteiger partial charge is 0.317 e. The molecule has 1 aromatic carbocycles. The van der Waals surface area contributed by atoms with Crippen molar-refractivity contribution < 1.29 is 23.5 Å². The summed E-state index contributed by atoms with van der Waals surface area (Å²) in [5.74, 6) is 1.66. The predicted octanol–water partition coefficient (Wildman–Crippen LogP) is 1.83. The van der Waals surface area contributed by atoms with E-state index in [9.17, 15) is 9.59 Å². The topological polar surface area (TPSA) is 84.3 Å². The number of methoxy groups -OCH3 is 1. The van der Waals surface area contributed by atoms with E-state index in [1.54, 1.807) is 29.0 Å². The first-order valence-electron chi connectivity index (χ1n) is 8.80. The SMILES string of the molecule is COc1ccc(OCCNC(=O)N2CCN(C(=O)c3ccco3)CC2)cc1. The average molecular weight is 373 g/mol. The van der Waals surface area contributed by atoms with Gasteiger partial charge in [-0.05, 0) is 36.4 Å². The minimum Gasteiger partial charge on any atom is -0.497 e. The zero-order valence-electron chi connectivity index (χ0n) is 15.2. The van der Waals surface area contributed by atoms with Crippen molar-refractivity contribution in [3.63, 3.8) is 0 Å². The highest BCUT2D eigenvalue weighted by Gasteiger charge is 2.25. The molecule has 0 bridgehead atoms. The van der Waals surface area contributed by atoms with Crippen molar-refractivity contribution >= 4 is 11.9 Å². The number of urea groups is 1. The van der Waals surface area contributed by atoms with Gasteiger partial charge in [-0.2, -0.15) is 0 Å². The Morgan fingerprint density at radius 2 is 1.70 bits per heavy atom. The Labute approximate surface area is 157 Å². The predicted molar refractivity (Wildman–Crippen MR) is 98.1 cm³/mol. The Morgan fingerprint density at radius 1 is 1.04 bits per heavy atom. The van der Waals surface area contributed by atoms with Crippen molar-refractivity contribution in [1.29, 1.82) is 0 Å². The summed E-state index contributed by atoms with van der Waals surface area (Å²) in [6.45, 7) is 2.70. The van der Waals surface area contributed by atoms with Crippen molar-refractivity contribution in [2.45, 2.75) is 0 Å². The first-order valence-corrected chi connectivity index (χ1v) is 8.80. The number of piperazine rings is 1. The second-order valence-corrected chi connectivity index (χ2v) is 6.01. The molecule has 0 aliphatic carbocycles. The molecule has 3 rings (SSSR count). The van der Waals surface area contributed by atoms with E-state index < -0.39 is 0 Å². The summed E-state index contributed by atoms with van der Waals surface area (Å²) in [6.07, 6.45) is 1.48. The molecule has 1 aromatic heterocycles. The lowest BCUT2D eigenvalue weighted by atomic mass is 10.3. The molecule has 1 saturated heterocycles. The molecule has 8 heteroatoms. The van der Waals surface area contributed by atoms with Gasteiger partial charge in [0.1, 0.15) is 18.1 Å².